The lowest BCUT2D eigenvalue weighted by Gasteiger charge is -2.29. The van der Waals surface area contributed by atoms with Gasteiger partial charge in [0.2, 0.25) is 5.91 Å². The van der Waals surface area contributed by atoms with Gasteiger partial charge in [0, 0.05) is 31.1 Å². The molecule has 1 fully saturated rings. The van der Waals surface area contributed by atoms with E-state index in [2.05, 4.69) is 11.0 Å². The summed E-state index contributed by atoms with van der Waals surface area (Å²) in [6.45, 7) is 4.84. The lowest BCUT2D eigenvalue weighted by molar-refractivity contribution is -0.116. The van der Waals surface area contributed by atoms with Gasteiger partial charge in [-0.2, -0.15) is 0 Å². The number of thiazole rings is 1. The second-order valence-corrected chi connectivity index (χ2v) is 8.62. The molecule has 0 N–H and O–H groups in total. The van der Waals surface area contributed by atoms with Crippen LogP contribution in [-0.2, 0) is 9.53 Å². The van der Waals surface area contributed by atoms with Crippen molar-refractivity contribution in [1.29, 1.82) is 0 Å². The zero-order valence-corrected chi connectivity index (χ0v) is 17.3. The second-order valence-electron chi connectivity index (χ2n) is 6.57. The van der Waals surface area contributed by atoms with E-state index in [1.54, 1.807) is 23.1 Å². The maximum Gasteiger partial charge on any atom is 0.239 e. The highest BCUT2D eigenvalue weighted by molar-refractivity contribution is 8.00. The minimum atomic E-state index is 0.0983. The first-order valence-electron chi connectivity index (χ1n) is 9.43. The van der Waals surface area contributed by atoms with Gasteiger partial charge in [-0.3, -0.25) is 14.6 Å². The molecular formula is C21H23N3O2S2. The average molecular weight is 414 g/mol. The minimum Gasteiger partial charge on any atom is -0.379 e. The van der Waals surface area contributed by atoms with Gasteiger partial charge in [-0.1, -0.05) is 41.7 Å². The average Bonchev–Trinajstić information content (AvgIpc) is 3.18. The third-order valence-corrected chi connectivity index (χ3v) is 6.72. The summed E-state index contributed by atoms with van der Waals surface area (Å²) in [6.07, 6.45) is 0. The number of anilines is 1. The smallest absolute Gasteiger partial charge is 0.239 e. The minimum absolute atomic E-state index is 0.0983. The normalized spacial score (nSPS) is 15.0. The third kappa shape index (κ3) is 4.91. The molecule has 3 aromatic rings. The number of benzene rings is 2. The van der Waals surface area contributed by atoms with Gasteiger partial charge in [0.15, 0.2) is 5.13 Å². The quantitative estimate of drug-likeness (QED) is 0.552. The van der Waals surface area contributed by atoms with Gasteiger partial charge >= 0.3 is 0 Å². The van der Waals surface area contributed by atoms with Crippen molar-refractivity contribution >= 4 is 44.4 Å². The zero-order valence-electron chi connectivity index (χ0n) is 15.6. The number of ether oxygens (including phenoxy) is 1. The molecule has 5 nitrogen and oxygen atoms in total. The summed E-state index contributed by atoms with van der Waals surface area (Å²) in [6, 6.07) is 18.1. The predicted octanol–water partition coefficient (Wildman–Crippen LogP) is 3.75. The Bertz CT molecular complexity index is 877. The SMILES string of the molecule is O=C(CSc1ccccc1)N(CCN1CCOCC1)c1nc2ccccc2s1. The van der Waals surface area contributed by atoms with Crippen LogP contribution in [0.5, 0.6) is 0 Å². The van der Waals surface area contributed by atoms with Crippen molar-refractivity contribution in [3.05, 3.63) is 54.6 Å². The number of hydrogen-bond donors (Lipinski definition) is 0. The Morgan fingerprint density at radius 2 is 1.86 bits per heavy atom. The maximum absolute atomic E-state index is 13.1. The fourth-order valence-electron chi connectivity index (χ4n) is 3.11. The van der Waals surface area contributed by atoms with Crippen LogP contribution in [0.1, 0.15) is 0 Å². The van der Waals surface area contributed by atoms with Gasteiger partial charge < -0.3 is 4.74 Å². The molecule has 1 amide bonds. The number of nitrogens with zero attached hydrogens (tertiary/aromatic N) is 3. The molecule has 0 unspecified atom stereocenters. The number of aromatic nitrogens is 1. The Balaban J connectivity index is 1.48. The van der Waals surface area contributed by atoms with E-state index in [1.807, 2.05) is 53.4 Å². The highest BCUT2D eigenvalue weighted by Crippen LogP contribution is 2.29. The summed E-state index contributed by atoms with van der Waals surface area (Å²) in [5.41, 5.74) is 0.947. The summed E-state index contributed by atoms with van der Waals surface area (Å²) in [4.78, 5) is 23.1. The third-order valence-electron chi connectivity index (χ3n) is 4.66. The first kappa shape index (κ1) is 19.4. The van der Waals surface area contributed by atoms with Crippen LogP contribution in [0.2, 0.25) is 0 Å². The van der Waals surface area contributed by atoms with E-state index in [9.17, 15) is 4.79 Å². The van der Waals surface area contributed by atoms with Crippen LogP contribution in [0.15, 0.2) is 59.5 Å². The molecule has 0 radical (unpaired) electrons. The van der Waals surface area contributed by atoms with Gasteiger partial charge in [0.1, 0.15) is 0 Å². The van der Waals surface area contributed by atoms with E-state index in [1.165, 1.54) is 0 Å². The predicted molar refractivity (Wildman–Crippen MR) is 116 cm³/mol. The molecule has 0 spiro atoms. The molecule has 146 valence electrons. The van der Waals surface area contributed by atoms with Crippen molar-refractivity contribution in [1.82, 2.24) is 9.88 Å². The molecule has 0 aliphatic carbocycles. The zero-order chi connectivity index (χ0) is 19.2. The summed E-state index contributed by atoms with van der Waals surface area (Å²) < 4.78 is 6.54. The van der Waals surface area contributed by atoms with E-state index in [0.717, 1.165) is 53.1 Å². The first-order valence-corrected chi connectivity index (χ1v) is 11.2. The van der Waals surface area contributed by atoms with Crippen LogP contribution in [0, 0.1) is 0 Å². The van der Waals surface area contributed by atoms with Crippen molar-refractivity contribution in [3.63, 3.8) is 0 Å². The standard InChI is InChI=1S/C21H23N3O2S2/c25-20(16-27-17-6-2-1-3-7-17)24(11-10-23-12-14-26-15-13-23)21-22-18-8-4-5-9-19(18)28-21/h1-9H,10-16H2. The lowest BCUT2D eigenvalue weighted by Crippen LogP contribution is -2.43. The van der Waals surface area contributed by atoms with Gasteiger partial charge in [-0.25, -0.2) is 4.98 Å². The molecule has 0 saturated carbocycles. The number of hydrogen-bond acceptors (Lipinski definition) is 6. The second kappa shape index (κ2) is 9.52. The monoisotopic (exact) mass is 413 g/mol. The van der Waals surface area contributed by atoms with Crippen molar-refractivity contribution < 1.29 is 9.53 Å². The van der Waals surface area contributed by atoms with E-state index >= 15 is 0 Å². The van der Waals surface area contributed by atoms with Crippen LogP contribution >= 0.6 is 23.1 Å². The number of amides is 1. The highest BCUT2D eigenvalue weighted by atomic mass is 32.2. The molecule has 1 aliphatic heterocycles. The number of para-hydroxylation sites is 1. The number of carbonyl (C=O) groups is 1. The first-order chi connectivity index (χ1) is 13.8. The molecule has 2 heterocycles. The number of morpholine rings is 1. The molecule has 1 aromatic heterocycles. The topological polar surface area (TPSA) is 45.7 Å². The molecule has 4 rings (SSSR count). The molecule has 1 saturated heterocycles. The summed E-state index contributed by atoms with van der Waals surface area (Å²) in [5, 5.41) is 0.785. The van der Waals surface area contributed by atoms with Crippen LogP contribution < -0.4 is 4.90 Å². The Kier molecular flexibility index (Phi) is 6.59. The van der Waals surface area contributed by atoms with Crippen LogP contribution in [-0.4, -0.2) is 60.9 Å². The fourth-order valence-corrected chi connectivity index (χ4v) is 4.91. The molecule has 0 bridgehead atoms. The Hall–Kier alpha value is -1.93. The van der Waals surface area contributed by atoms with Crippen molar-refractivity contribution in [2.45, 2.75) is 4.90 Å². The molecule has 28 heavy (non-hydrogen) atoms. The highest BCUT2D eigenvalue weighted by Gasteiger charge is 2.21. The number of fused-ring (bicyclic) bond motifs is 1. The van der Waals surface area contributed by atoms with E-state index in [4.69, 9.17) is 9.72 Å². The Morgan fingerprint density at radius 1 is 1.11 bits per heavy atom. The molecule has 0 atom stereocenters. The van der Waals surface area contributed by atoms with Crippen LogP contribution in [0.4, 0.5) is 5.13 Å². The lowest BCUT2D eigenvalue weighted by atomic mass is 10.3. The number of rotatable bonds is 7. The van der Waals surface area contributed by atoms with Crippen LogP contribution in [0.25, 0.3) is 10.2 Å². The van der Waals surface area contributed by atoms with Crippen molar-refractivity contribution in [2.24, 2.45) is 0 Å². The van der Waals surface area contributed by atoms with E-state index in [-0.39, 0.29) is 5.91 Å². The van der Waals surface area contributed by atoms with Gasteiger partial charge in [-0.05, 0) is 24.3 Å². The largest absolute Gasteiger partial charge is 0.379 e. The fraction of sp³-hybridized carbons (Fsp3) is 0.333. The molecule has 1 aliphatic rings. The molecule has 7 heteroatoms. The van der Waals surface area contributed by atoms with Gasteiger partial charge in [0.25, 0.3) is 0 Å². The molecular weight excluding hydrogens is 390 g/mol. The maximum atomic E-state index is 13.1. The molecule has 2 aromatic carbocycles. The summed E-state index contributed by atoms with van der Waals surface area (Å²) in [7, 11) is 0. The van der Waals surface area contributed by atoms with Gasteiger partial charge in [0.05, 0.1) is 29.2 Å². The van der Waals surface area contributed by atoms with Gasteiger partial charge in [-0.15, -0.1) is 11.8 Å². The Labute approximate surface area is 173 Å². The van der Waals surface area contributed by atoms with Crippen molar-refractivity contribution in [2.75, 3.05) is 50.0 Å². The number of thioether (sulfide) groups is 1. The summed E-state index contributed by atoms with van der Waals surface area (Å²) >= 11 is 3.16. The van der Waals surface area contributed by atoms with E-state index in [0.29, 0.717) is 12.3 Å². The van der Waals surface area contributed by atoms with Crippen molar-refractivity contribution in [3.8, 4) is 0 Å². The van der Waals surface area contributed by atoms with Crippen LogP contribution in [0.3, 0.4) is 0 Å². The number of carbonyl (C=O) groups excluding carboxylic acids is 1. The Morgan fingerprint density at radius 3 is 2.64 bits per heavy atom. The summed E-state index contributed by atoms with van der Waals surface area (Å²) in [5.74, 6) is 0.504. The van der Waals surface area contributed by atoms with E-state index < -0.39 is 0 Å².